The van der Waals surface area contributed by atoms with Crippen LogP contribution in [0.4, 0.5) is 0 Å². The Labute approximate surface area is 215 Å². The van der Waals surface area contributed by atoms with Gasteiger partial charge in [0.1, 0.15) is 11.7 Å². The third kappa shape index (κ3) is 2.59. The molecule has 5 heteroatoms. The molecular formula is C31H43NO4. The van der Waals surface area contributed by atoms with Crippen molar-refractivity contribution in [3.63, 3.8) is 0 Å². The molecule has 1 aromatic carbocycles. The van der Waals surface area contributed by atoms with Crippen LogP contribution in [-0.2, 0) is 16.6 Å². The first-order valence-electron chi connectivity index (χ1n) is 14.9. The topological polar surface area (TPSA) is 62.2 Å². The largest absolute Gasteiger partial charge is 0.504 e. The SMILES string of the molecule is COC12CCC3(CC1C(C)(O)CC1CCCC1)C1Cc4ccc(O)c5c4[C@@]3(CCN1CC1CC1)C2O5. The van der Waals surface area contributed by atoms with Gasteiger partial charge in [-0.05, 0) is 88.3 Å². The van der Waals surface area contributed by atoms with Gasteiger partial charge in [-0.3, -0.25) is 4.90 Å². The molecule has 5 nitrogen and oxygen atoms in total. The monoisotopic (exact) mass is 493 g/mol. The van der Waals surface area contributed by atoms with Crippen molar-refractivity contribution in [2.75, 3.05) is 20.2 Å². The highest BCUT2D eigenvalue weighted by molar-refractivity contribution is 5.63. The number of rotatable bonds is 6. The molecule has 4 bridgehead atoms. The van der Waals surface area contributed by atoms with E-state index in [9.17, 15) is 10.2 Å². The van der Waals surface area contributed by atoms with Crippen LogP contribution in [0.2, 0.25) is 0 Å². The first-order valence-corrected chi connectivity index (χ1v) is 14.9. The number of nitrogens with zero attached hydrogens (tertiary/aromatic N) is 1. The minimum Gasteiger partial charge on any atom is -0.504 e. The van der Waals surface area contributed by atoms with E-state index in [4.69, 9.17) is 9.47 Å². The van der Waals surface area contributed by atoms with E-state index in [0.717, 1.165) is 56.7 Å². The number of ether oxygens (including phenoxy) is 2. The van der Waals surface area contributed by atoms with E-state index < -0.39 is 11.2 Å². The summed E-state index contributed by atoms with van der Waals surface area (Å²) in [5.74, 6) is 2.55. The van der Waals surface area contributed by atoms with Crippen LogP contribution < -0.4 is 4.74 Å². The summed E-state index contributed by atoms with van der Waals surface area (Å²) in [5.41, 5.74) is 1.34. The van der Waals surface area contributed by atoms with Gasteiger partial charge in [-0.1, -0.05) is 31.7 Å². The Hall–Kier alpha value is -1.30. The number of methoxy groups -OCH3 is 1. The van der Waals surface area contributed by atoms with Crippen molar-refractivity contribution in [1.29, 1.82) is 0 Å². The summed E-state index contributed by atoms with van der Waals surface area (Å²) in [4.78, 5) is 2.85. The number of benzene rings is 1. The van der Waals surface area contributed by atoms with Gasteiger partial charge in [0, 0.05) is 42.0 Å². The molecule has 6 unspecified atom stereocenters. The minimum absolute atomic E-state index is 0.0452. The molecule has 6 aliphatic carbocycles. The van der Waals surface area contributed by atoms with Gasteiger partial charge in [0.05, 0.1) is 5.60 Å². The quantitative estimate of drug-likeness (QED) is 0.587. The van der Waals surface area contributed by atoms with Gasteiger partial charge in [0.2, 0.25) is 0 Å². The van der Waals surface area contributed by atoms with Crippen molar-refractivity contribution >= 4 is 0 Å². The molecule has 6 fully saturated rings. The molecule has 1 saturated heterocycles. The number of hydrogen-bond donors (Lipinski definition) is 2. The highest BCUT2D eigenvalue weighted by atomic mass is 16.6. The maximum Gasteiger partial charge on any atom is 0.165 e. The molecule has 0 aromatic heterocycles. The molecule has 9 rings (SSSR count). The van der Waals surface area contributed by atoms with Crippen LogP contribution in [0.25, 0.3) is 0 Å². The van der Waals surface area contributed by atoms with Gasteiger partial charge in [0.15, 0.2) is 11.5 Å². The Balaban J connectivity index is 1.30. The van der Waals surface area contributed by atoms with Crippen molar-refractivity contribution in [3.05, 3.63) is 23.3 Å². The molecule has 2 N–H and O–H groups in total. The Kier molecular flexibility index (Phi) is 4.54. The number of aliphatic hydroxyl groups is 1. The van der Waals surface area contributed by atoms with E-state index in [2.05, 4.69) is 17.9 Å². The van der Waals surface area contributed by atoms with E-state index in [1.807, 2.05) is 13.2 Å². The van der Waals surface area contributed by atoms with Crippen molar-refractivity contribution in [1.82, 2.24) is 4.90 Å². The van der Waals surface area contributed by atoms with Gasteiger partial charge in [-0.2, -0.15) is 0 Å². The predicted molar refractivity (Wildman–Crippen MR) is 137 cm³/mol. The molecule has 5 saturated carbocycles. The first kappa shape index (κ1) is 22.7. The molecule has 0 radical (unpaired) electrons. The number of fused-ring (bicyclic) bond motifs is 2. The minimum atomic E-state index is -0.782. The van der Waals surface area contributed by atoms with Gasteiger partial charge < -0.3 is 19.7 Å². The summed E-state index contributed by atoms with van der Waals surface area (Å²) in [5, 5.41) is 23.3. The molecule has 8 aliphatic rings. The second kappa shape index (κ2) is 7.21. The maximum absolute atomic E-state index is 12.3. The summed E-state index contributed by atoms with van der Waals surface area (Å²) in [6.07, 6.45) is 13.8. The lowest BCUT2D eigenvalue weighted by Crippen LogP contribution is -2.82. The standard InChI is InChI=1S/C31H43NO4/c1-28(34,16-19-5-3-4-6-19)23-17-29-11-12-31(23,35-2)27-30(29)13-14-32(18-20-7-8-20)24(29)15-21-9-10-22(33)26(36-27)25(21)30/h9-10,19-20,23-24,27,33-34H,3-8,11-18H2,1-2H3/t23?,24?,27?,28?,29?,30-,31?/m0/s1. The lowest BCUT2D eigenvalue weighted by Gasteiger charge is -2.75. The smallest absolute Gasteiger partial charge is 0.165 e. The number of phenols is 1. The second-order valence-corrected chi connectivity index (χ2v) is 14.1. The highest BCUT2D eigenvalue weighted by Crippen LogP contribution is 2.77. The van der Waals surface area contributed by atoms with Gasteiger partial charge in [-0.25, -0.2) is 0 Å². The lowest BCUT2D eigenvalue weighted by atomic mass is 9.33. The van der Waals surface area contributed by atoms with Crippen LogP contribution in [0.3, 0.4) is 0 Å². The van der Waals surface area contributed by atoms with E-state index in [0.29, 0.717) is 12.0 Å². The molecule has 2 heterocycles. The normalized spacial score (nSPS) is 44.4. The average molecular weight is 494 g/mol. The molecular weight excluding hydrogens is 450 g/mol. The third-order valence-corrected chi connectivity index (χ3v) is 12.6. The van der Waals surface area contributed by atoms with Crippen LogP contribution in [0, 0.1) is 23.2 Å². The van der Waals surface area contributed by atoms with Crippen LogP contribution in [0.5, 0.6) is 11.5 Å². The Bertz CT molecular complexity index is 1090. The summed E-state index contributed by atoms with van der Waals surface area (Å²) in [7, 11) is 1.86. The zero-order valence-corrected chi connectivity index (χ0v) is 22.1. The molecule has 0 amide bonds. The fourth-order valence-electron chi connectivity index (χ4n) is 11.1. The number of hydrogen-bond acceptors (Lipinski definition) is 5. The second-order valence-electron chi connectivity index (χ2n) is 14.1. The average Bonchev–Trinajstić information content (AvgIpc) is 3.39. The lowest BCUT2D eigenvalue weighted by molar-refractivity contribution is -0.303. The number of likely N-dealkylation sites (tertiary alicyclic amines) is 1. The molecule has 2 spiro atoms. The van der Waals surface area contributed by atoms with E-state index in [1.165, 1.54) is 56.2 Å². The van der Waals surface area contributed by atoms with Gasteiger partial charge >= 0.3 is 0 Å². The van der Waals surface area contributed by atoms with Crippen LogP contribution in [0.15, 0.2) is 12.1 Å². The zero-order valence-electron chi connectivity index (χ0n) is 22.1. The van der Waals surface area contributed by atoms with Crippen LogP contribution >= 0.6 is 0 Å². The summed E-state index contributed by atoms with van der Waals surface area (Å²) < 4.78 is 13.6. The Morgan fingerprint density at radius 3 is 2.67 bits per heavy atom. The molecule has 1 aromatic rings. The molecule has 2 aliphatic heterocycles. The van der Waals surface area contributed by atoms with Crippen molar-refractivity contribution in [2.24, 2.45) is 23.2 Å². The van der Waals surface area contributed by atoms with Crippen molar-refractivity contribution in [2.45, 2.75) is 113 Å². The third-order valence-electron chi connectivity index (χ3n) is 12.6. The maximum atomic E-state index is 12.3. The van der Waals surface area contributed by atoms with Gasteiger partial charge in [-0.15, -0.1) is 0 Å². The van der Waals surface area contributed by atoms with Crippen LogP contribution in [-0.4, -0.2) is 58.7 Å². The molecule has 7 atom stereocenters. The predicted octanol–water partition coefficient (Wildman–Crippen LogP) is 4.95. The van der Waals surface area contributed by atoms with Crippen LogP contribution in [0.1, 0.15) is 88.7 Å². The van der Waals surface area contributed by atoms with Crippen molar-refractivity contribution in [3.8, 4) is 11.5 Å². The fraction of sp³-hybridized carbons (Fsp3) is 0.806. The van der Waals surface area contributed by atoms with E-state index in [1.54, 1.807) is 0 Å². The number of piperidine rings is 1. The van der Waals surface area contributed by atoms with E-state index >= 15 is 0 Å². The Morgan fingerprint density at radius 2 is 1.92 bits per heavy atom. The highest BCUT2D eigenvalue weighted by Gasteiger charge is 2.82. The summed E-state index contributed by atoms with van der Waals surface area (Å²) >= 11 is 0. The van der Waals surface area contributed by atoms with Gasteiger partial charge in [0.25, 0.3) is 0 Å². The fourth-order valence-corrected chi connectivity index (χ4v) is 11.1. The molecule has 196 valence electrons. The first-order chi connectivity index (χ1) is 17.3. The molecule has 36 heavy (non-hydrogen) atoms. The zero-order chi connectivity index (χ0) is 24.5. The summed E-state index contributed by atoms with van der Waals surface area (Å²) in [6.45, 7) is 4.46. The van der Waals surface area contributed by atoms with E-state index in [-0.39, 0.29) is 28.6 Å². The number of phenolic OH excluding ortho intramolecular Hbond substituents is 1. The van der Waals surface area contributed by atoms with Crippen molar-refractivity contribution < 1.29 is 19.7 Å². The summed E-state index contributed by atoms with van der Waals surface area (Å²) in [6, 6.07) is 4.52. The number of aromatic hydroxyl groups is 1. The Morgan fingerprint density at radius 1 is 1.11 bits per heavy atom.